The normalized spacial score (nSPS) is 26.5. The van der Waals surface area contributed by atoms with Crippen molar-refractivity contribution in [1.29, 1.82) is 0 Å². The summed E-state index contributed by atoms with van der Waals surface area (Å²) < 4.78 is 0. The average molecular weight is 240 g/mol. The van der Waals surface area contributed by atoms with Gasteiger partial charge in [-0.15, -0.1) is 0 Å². The predicted octanol–water partition coefficient (Wildman–Crippen LogP) is 3.40. The van der Waals surface area contributed by atoms with Crippen LogP contribution in [0.15, 0.2) is 0 Å². The van der Waals surface area contributed by atoms with Gasteiger partial charge >= 0.3 is 0 Å². The molecule has 17 heavy (non-hydrogen) atoms. The number of hydrogen-bond donors (Lipinski definition) is 1. The Morgan fingerprint density at radius 2 is 1.59 bits per heavy atom. The van der Waals surface area contributed by atoms with Crippen molar-refractivity contribution in [3.8, 4) is 0 Å². The molecular weight excluding hydrogens is 208 g/mol. The van der Waals surface area contributed by atoms with Gasteiger partial charge in [0.05, 0.1) is 0 Å². The SMILES string of the molecule is CCC1CCC(N(C)CC(N)(CC)CC)CC1. The predicted molar refractivity (Wildman–Crippen MR) is 76.2 cm³/mol. The van der Waals surface area contributed by atoms with Gasteiger partial charge in [-0.1, -0.05) is 27.2 Å². The number of hydrogen-bond acceptors (Lipinski definition) is 2. The summed E-state index contributed by atoms with van der Waals surface area (Å²) in [6.45, 7) is 7.81. The maximum atomic E-state index is 6.42. The van der Waals surface area contributed by atoms with Crippen molar-refractivity contribution in [2.75, 3.05) is 13.6 Å². The Kier molecular flexibility index (Phi) is 5.94. The molecule has 1 aliphatic rings. The summed E-state index contributed by atoms with van der Waals surface area (Å²) in [5.74, 6) is 0.986. The Hall–Kier alpha value is -0.0800. The summed E-state index contributed by atoms with van der Waals surface area (Å²) in [6, 6.07) is 0.777. The van der Waals surface area contributed by atoms with Crippen LogP contribution in [0.3, 0.4) is 0 Å². The van der Waals surface area contributed by atoms with E-state index in [2.05, 4.69) is 32.7 Å². The summed E-state index contributed by atoms with van der Waals surface area (Å²) in [5, 5.41) is 0. The molecule has 2 N–H and O–H groups in total. The summed E-state index contributed by atoms with van der Waals surface area (Å²) in [5.41, 5.74) is 6.44. The second-order valence-corrected chi connectivity index (χ2v) is 6.07. The molecular formula is C15H32N2. The van der Waals surface area contributed by atoms with Crippen LogP contribution in [0.4, 0.5) is 0 Å². The van der Waals surface area contributed by atoms with Crippen LogP contribution < -0.4 is 5.73 Å². The highest BCUT2D eigenvalue weighted by atomic mass is 15.1. The van der Waals surface area contributed by atoms with E-state index in [1.165, 1.54) is 32.1 Å². The highest BCUT2D eigenvalue weighted by Gasteiger charge is 2.28. The quantitative estimate of drug-likeness (QED) is 0.771. The van der Waals surface area contributed by atoms with E-state index in [1.54, 1.807) is 0 Å². The molecule has 2 heteroatoms. The molecule has 0 aromatic heterocycles. The zero-order chi connectivity index (χ0) is 12.9. The van der Waals surface area contributed by atoms with E-state index in [9.17, 15) is 0 Å². The smallest absolute Gasteiger partial charge is 0.0278 e. The number of nitrogens with two attached hydrogens (primary N) is 1. The zero-order valence-electron chi connectivity index (χ0n) is 12.3. The third-order valence-electron chi connectivity index (χ3n) is 4.99. The first-order valence-electron chi connectivity index (χ1n) is 7.53. The molecule has 0 aliphatic heterocycles. The van der Waals surface area contributed by atoms with Gasteiger partial charge in [0.15, 0.2) is 0 Å². The van der Waals surface area contributed by atoms with Crippen LogP contribution in [0, 0.1) is 5.92 Å². The molecule has 102 valence electrons. The number of rotatable bonds is 6. The molecule has 0 bridgehead atoms. The van der Waals surface area contributed by atoms with Gasteiger partial charge in [-0.2, -0.15) is 0 Å². The first-order valence-corrected chi connectivity index (χ1v) is 7.53. The highest BCUT2D eigenvalue weighted by Crippen LogP contribution is 2.29. The van der Waals surface area contributed by atoms with Crippen LogP contribution in [-0.2, 0) is 0 Å². The lowest BCUT2D eigenvalue weighted by Crippen LogP contribution is -2.51. The van der Waals surface area contributed by atoms with Gasteiger partial charge in [-0.25, -0.2) is 0 Å². The minimum Gasteiger partial charge on any atom is -0.324 e. The van der Waals surface area contributed by atoms with Gasteiger partial charge in [0.2, 0.25) is 0 Å². The zero-order valence-corrected chi connectivity index (χ0v) is 12.3. The summed E-state index contributed by atoms with van der Waals surface area (Å²) in [7, 11) is 2.27. The Morgan fingerprint density at radius 3 is 2.00 bits per heavy atom. The minimum atomic E-state index is 0.0242. The van der Waals surface area contributed by atoms with Crippen LogP contribution in [0.2, 0.25) is 0 Å². The summed E-state index contributed by atoms with van der Waals surface area (Å²) in [6.07, 6.45) is 9.11. The van der Waals surface area contributed by atoms with Gasteiger partial charge < -0.3 is 10.6 Å². The maximum Gasteiger partial charge on any atom is 0.0278 e. The van der Waals surface area contributed by atoms with Crippen molar-refractivity contribution in [1.82, 2.24) is 4.90 Å². The van der Waals surface area contributed by atoms with Crippen LogP contribution in [-0.4, -0.2) is 30.1 Å². The first kappa shape index (κ1) is 15.0. The van der Waals surface area contributed by atoms with E-state index in [-0.39, 0.29) is 5.54 Å². The molecule has 1 saturated carbocycles. The molecule has 0 amide bonds. The lowest BCUT2D eigenvalue weighted by molar-refractivity contribution is 0.130. The Morgan fingerprint density at radius 1 is 1.06 bits per heavy atom. The summed E-state index contributed by atoms with van der Waals surface area (Å²) in [4.78, 5) is 2.53. The number of likely N-dealkylation sites (N-methyl/N-ethyl adjacent to an activating group) is 1. The van der Waals surface area contributed by atoms with Crippen LogP contribution in [0.1, 0.15) is 65.7 Å². The van der Waals surface area contributed by atoms with E-state index in [0.29, 0.717) is 0 Å². The van der Waals surface area contributed by atoms with Crippen molar-refractivity contribution in [2.24, 2.45) is 11.7 Å². The fourth-order valence-electron chi connectivity index (χ4n) is 3.09. The molecule has 0 aromatic rings. The molecule has 0 aromatic carbocycles. The standard InChI is InChI=1S/C15H32N2/c1-5-13-8-10-14(11-9-13)17(4)12-15(16,6-2)7-3/h13-14H,5-12,16H2,1-4H3. The molecule has 0 saturated heterocycles. The summed E-state index contributed by atoms with van der Waals surface area (Å²) >= 11 is 0. The topological polar surface area (TPSA) is 29.3 Å². The van der Waals surface area contributed by atoms with Crippen molar-refractivity contribution in [3.05, 3.63) is 0 Å². The van der Waals surface area contributed by atoms with E-state index >= 15 is 0 Å². The molecule has 0 spiro atoms. The van der Waals surface area contributed by atoms with E-state index in [0.717, 1.165) is 31.3 Å². The van der Waals surface area contributed by atoms with E-state index < -0.39 is 0 Å². The number of nitrogens with zero attached hydrogens (tertiary/aromatic N) is 1. The second kappa shape index (κ2) is 6.75. The van der Waals surface area contributed by atoms with E-state index in [4.69, 9.17) is 5.73 Å². The fourth-order valence-corrected chi connectivity index (χ4v) is 3.09. The molecule has 0 radical (unpaired) electrons. The Labute approximate surface area is 108 Å². The highest BCUT2D eigenvalue weighted by molar-refractivity contribution is 4.87. The lowest BCUT2D eigenvalue weighted by atomic mass is 9.83. The van der Waals surface area contributed by atoms with Crippen molar-refractivity contribution in [3.63, 3.8) is 0 Å². The maximum absolute atomic E-state index is 6.42. The monoisotopic (exact) mass is 240 g/mol. The molecule has 1 fully saturated rings. The third kappa shape index (κ3) is 4.26. The molecule has 0 unspecified atom stereocenters. The molecule has 0 heterocycles. The molecule has 1 rings (SSSR count). The molecule has 2 nitrogen and oxygen atoms in total. The van der Waals surface area contributed by atoms with E-state index in [1.807, 2.05) is 0 Å². The molecule has 0 atom stereocenters. The van der Waals surface area contributed by atoms with Gasteiger partial charge in [0, 0.05) is 18.1 Å². The van der Waals surface area contributed by atoms with Gasteiger partial charge in [0.25, 0.3) is 0 Å². The largest absolute Gasteiger partial charge is 0.324 e. The van der Waals surface area contributed by atoms with Crippen molar-refractivity contribution >= 4 is 0 Å². The second-order valence-electron chi connectivity index (χ2n) is 6.07. The average Bonchev–Trinajstić information content (AvgIpc) is 2.38. The fraction of sp³-hybridized carbons (Fsp3) is 1.00. The Balaban J connectivity index is 2.41. The van der Waals surface area contributed by atoms with Gasteiger partial charge in [-0.05, 0) is 51.5 Å². The first-order chi connectivity index (χ1) is 8.04. The van der Waals surface area contributed by atoms with Crippen LogP contribution in [0.5, 0.6) is 0 Å². The molecule has 1 aliphatic carbocycles. The van der Waals surface area contributed by atoms with Gasteiger partial charge in [0.1, 0.15) is 0 Å². The minimum absolute atomic E-state index is 0.0242. The van der Waals surface area contributed by atoms with Crippen molar-refractivity contribution in [2.45, 2.75) is 77.3 Å². The lowest BCUT2D eigenvalue weighted by Gasteiger charge is -2.39. The third-order valence-corrected chi connectivity index (χ3v) is 4.99. The van der Waals surface area contributed by atoms with Gasteiger partial charge in [-0.3, -0.25) is 0 Å². The Bertz CT molecular complexity index is 203. The van der Waals surface area contributed by atoms with Crippen LogP contribution in [0.25, 0.3) is 0 Å². The van der Waals surface area contributed by atoms with Crippen molar-refractivity contribution < 1.29 is 0 Å². The van der Waals surface area contributed by atoms with Crippen LogP contribution >= 0.6 is 0 Å².